The Morgan fingerprint density at radius 3 is 3.07 bits per heavy atom. The SMILES string of the molecule is CC(C)OCCCNC(=O)c1ncn[nH]1. The molecule has 1 amide bonds. The number of nitrogens with zero attached hydrogens (tertiary/aromatic N) is 2. The molecule has 0 saturated carbocycles. The largest absolute Gasteiger partial charge is 0.379 e. The number of carbonyl (C=O) groups excluding carboxylic acids is 1. The normalized spacial score (nSPS) is 10.6. The van der Waals surface area contributed by atoms with Crippen LogP contribution in [0.25, 0.3) is 0 Å². The van der Waals surface area contributed by atoms with Crippen LogP contribution in [0.2, 0.25) is 0 Å². The van der Waals surface area contributed by atoms with Crippen molar-refractivity contribution in [1.82, 2.24) is 20.5 Å². The maximum absolute atomic E-state index is 11.3. The second-order valence-electron chi connectivity index (χ2n) is 3.36. The van der Waals surface area contributed by atoms with E-state index in [1.54, 1.807) is 0 Å². The van der Waals surface area contributed by atoms with Gasteiger partial charge >= 0.3 is 0 Å². The van der Waals surface area contributed by atoms with Gasteiger partial charge in [0, 0.05) is 13.2 Å². The second-order valence-corrected chi connectivity index (χ2v) is 3.36. The Hall–Kier alpha value is -1.43. The Morgan fingerprint density at radius 1 is 1.67 bits per heavy atom. The van der Waals surface area contributed by atoms with Crippen LogP contribution in [0.4, 0.5) is 0 Å². The van der Waals surface area contributed by atoms with Crippen molar-refractivity contribution in [3.8, 4) is 0 Å². The lowest BCUT2D eigenvalue weighted by Gasteiger charge is -2.07. The smallest absolute Gasteiger partial charge is 0.288 e. The van der Waals surface area contributed by atoms with E-state index in [-0.39, 0.29) is 17.8 Å². The van der Waals surface area contributed by atoms with E-state index in [0.717, 1.165) is 6.42 Å². The van der Waals surface area contributed by atoms with Gasteiger partial charge in [0.1, 0.15) is 6.33 Å². The molecule has 6 nitrogen and oxygen atoms in total. The summed E-state index contributed by atoms with van der Waals surface area (Å²) in [5.74, 6) is -0.00294. The molecule has 0 saturated heterocycles. The number of carbonyl (C=O) groups is 1. The summed E-state index contributed by atoms with van der Waals surface area (Å²) in [5, 5.41) is 8.79. The van der Waals surface area contributed by atoms with Gasteiger partial charge in [0.2, 0.25) is 5.82 Å². The minimum atomic E-state index is -0.239. The third-order valence-electron chi connectivity index (χ3n) is 1.69. The van der Waals surface area contributed by atoms with E-state index < -0.39 is 0 Å². The van der Waals surface area contributed by atoms with E-state index in [1.807, 2.05) is 13.8 Å². The molecule has 1 aromatic rings. The number of ether oxygens (including phenoxy) is 1. The summed E-state index contributed by atoms with van der Waals surface area (Å²) in [6.07, 6.45) is 2.32. The number of aromatic nitrogens is 3. The molecule has 1 heterocycles. The summed E-state index contributed by atoms with van der Waals surface area (Å²) in [6, 6.07) is 0. The van der Waals surface area contributed by atoms with Gasteiger partial charge in [-0.3, -0.25) is 9.89 Å². The number of nitrogens with one attached hydrogen (secondary N) is 2. The number of aromatic amines is 1. The van der Waals surface area contributed by atoms with Crippen molar-refractivity contribution in [1.29, 1.82) is 0 Å². The van der Waals surface area contributed by atoms with Crippen LogP contribution >= 0.6 is 0 Å². The van der Waals surface area contributed by atoms with E-state index in [1.165, 1.54) is 6.33 Å². The average Bonchev–Trinajstić information content (AvgIpc) is 2.69. The lowest BCUT2D eigenvalue weighted by atomic mass is 10.4. The Balaban J connectivity index is 2.08. The van der Waals surface area contributed by atoms with Gasteiger partial charge in [0.05, 0.1) is 6.10 Å². The zero-order chi connectivity index (χ0) is 11.1. The molecule has 1 aromatic heterocycles. The first-order valence-electron chi connectivity index (χ1n) is 4.95. The van der Waals surface area contributed by atoms with Crippen molar-refractivity contribution < 1.29 is 9.53 Å². The molecule has 0 unspecified atom stereocenters. The standard InChI is InChI=1S/C9H16N4O2/c1-7(2)15-5-3-4-10-9(14)8-11-6-12-13-8/h6-7H,3-5H2,1-2H3,(H,10,14)(H,11,12,13). The van der Waals surface area contributed by atoms with Crippen molar-refractivity contribution in [3.05, 3.63) is 12.2 Å². The van der Waals surface area contributed by atoms with Crippen molar-refractivity contribution in [2.24, 2.45) is 0 Å². The zero-order valence-corrected chi connectivity index (χ0v) is 8.99. The molecular formula is C9H16N4O2. The van der Waals surface area contributed by atoms with Crippen LogP contribution in [-0.2, 0) is 4.74 Å². The van der Waals surface area contributed by atoms with Gasteiger partial charge in [-0.15, -0.1) is 0 Å². The number of hydrogen-bond acceptors (Lipinski definition) is 4. The number of H-pyrrole nitrogens is 1. The van der Waals surface area contributed by atoms with Gasteiger partial charge in [0.15, 0.2) is 0 Å². The Morgan fingerprint density at radius 2 is 2.47 bits per heavy atom. The fraction of sp³-hybridized carbons (Fsp3) is 0.667. The Bertz CT molecular complexity index is 284. The lowest BCUT2D eigenvalue weighted by molar-refractivity contribution is 0.0756. The fourth-order valence-corrected chi connectivity index (χ4v) is 0.992. The van der Waals surface area contributed by atoms with E-state index >= 15 is 0 Å². The molecular weight excluding hydrogens is 196 g/mol. The van der Waals surface area contributed by atoms with Crippen LogP contribution in [0, 0.1) is 0 Å². The highest BCUT2D eigenvalue weighted by atomic mass is 16.5. The zero-order valence-electron chi connectivity index (χ0n) is 8.99. The van der Waals surface area contributed by atoms with Gasteiger partial charge < -0.3 is 10.1 Å². The summed E-state index contributed by atoms with van der Waals surface area (Å²) in [5.41, 5.74) is 0. The van der Waals surface area contributed by atoms with Crippen LogP contribution < -0.4 is 5.32 Å². The molecule has 2 N–H and O–H groups in total. The highest BCUT2D eigenvalue weighted by Gasteiger charge is 2.06. The number of hydrogen-bond donors (Lipinski definition) is 2. The van der Waals surface area contributed by atoms with Gasteiger partial charge in [-0.2, -0.15) is 5.10 Å². The average molecular weight is 212 g/mol. The monoisotopic (exact) mass is 212 g/mol. The van der Waals surface area contributed by atoms with Gasteiger partial charge in [-0.05, 0) is 20.3 Å². The lowest BCUT2D eigenvalue weighted by Crippen LogP contribution is -2.26. The molecule has 0 radical (unpaired) electrons. The quantitative estimate of drug-likeness (QED) is 0.667. The first kappa shape index (κ1) is 11.6. The molecule has 6 heteroatoms. The molecule has 0 aliphatic carbocycles. The van der Waals surface area contributed by atoms with E-state index in [4.69, 9.17) is 4.74 Å². The van der Waals surface area contributed by atoms with Crippen LogP contribution in [0.3, 0.4) is 0 Å². The third-order valence-corrected chi connectivity index (χ3v) is 1.69. The third kappa shape index (κ3) is 4.55. The molecule has 0 bridgehead atoms. The molecule has 0 aliphatic heterocycles. The topological polar surface area (TPSA) is 79.9 Å². The minimum Gasteiger partial charge on any atom is -0.379 e. The van der Waals surface area contributed by atoms with E-state index in [0.29, 0.717) is 13.2 Å². The Kier molecular flexibility index (Phi) is 4.76. The second kappa shape index (κ2) is 6.13. The summed E-state index contributed by atoms with van der Waals surface area (Å²) in [4.78, 5) is 15.1. The van der Waals surface area contributed by atoms with Crippen LogP contribution in [0.5, 0.6) is 0 Å². The molecule has 0 aromatic carbocycles. The van der Waals surface area contributed by atoms with Crippen molar-refractivity contribution in [2.45, 2.75) is 26.4 Å². The maximum atomic E-state index is 11.3. The summed E-state index contributed by atoms with van der Waals surface area (Å²) in [6.45, 7) is 5.18. The number of amides is 1. The molecule has 0 spiro atoms. The molecule has 1 rings (SSSR count). The van der Waals surface area contributed by atoms with Crippen LogP contribution in [0.15, 0.2) is 6.33 Å². The molecule has 0 fully saturated rings. The first-order chi connectivity index (χ1) is 7.20. The van der Waals surface area contributed by atoms with Crippen LogP contribution in [-0.4, -0.2) is 40.3 Å². The first-order valence-corrected chi connectivity index (χ1v) is 4.95. The van der Waals surface area contributed by atoms with Crippen molar-refractivity contribution in [2.75, 3.05) is 13.2 Å². The summed E-state index contributed by atoms with van der Waals surface area (Å²) < 4.78 is 5.33. The van der Waals surface area contributed by atoms with E-state index in [9.17, 15) is 4.79 Å². The molecule has 15 heavy (non-hydrogen) atoms. The van der Waals surface area contributed by atoms with Crippen molar-refractivity contribution >= 4 is 5.91 Å². The maximum Gasteiger partial charge on any atom is 0.288 e. The highest BCUT2D eigenvalue weighted by Crippen LogP contribution is 1.90. The highest BCUT2D eigenvalue weighted by molar-refractivity contribution is 5.90. The predicted octanol–water partition coefficient (Wildman–Crippen LogP) is 0.350. The Labute approximate surface area is 88.4 Å². The van der Waals surface area contributed by atoms with E-state index in [2.05, 4.69) is 20.5 Å². The molecule has 0 atom stereocenters. The van der Waals surface area contributed by atoms with Crippen molar-refractivity contribution in [3.63, 3.8) is 0 Å². The fourth-order valence-electron chi connectivity index (χ4n) is 0.992. The minimum absolute atomic E-state index is 0.231. The summed E-state index contributed by atoms with van der Waals surface area (Å²) >= 11 is 0. The molecule has 84 valence electrons. The van der Waals surface area contributed by atoms with Gasteiger partial charge in [0.25, 0.3) is 5.91 Å². The number of rotatable bonds is 6. The predicted molar refractivity (Wildman–Crippen MR) is 54.4 cm³/mol. The van der Waals surface area contributed by atoms with Gasteiger partial charge in [-0.25, -0.2) is 4.98 Å². The summed E-state index contributed by atoms with van der Waals surface area (Å²) in [7, 11) is 0. The van der Waals surface area contributed by atoms with Crippen LogP contribution in [0.1, 0.15) is 30.9 Å². The van der Waals surface area contributed by atoms with Gasteiger partial charge in [-0.1, -0.05) is 0 Å². The molecule has 0 aliphatic rings.